The Morgan fingerprint density at radius 2 is 1.73 bits per heavy atom. The van der Waals surface area contributed by atoms with Crippen molar-refractivity contribution in [2.75, 3.05) is 63.8 Å². The molecule has 3 amide bonds. The van der Waals surface area contributed by atoms with Gasteiger partial charge in [-0.25, -0.2) is 14.6 Å². The number of aromatic nitrogens is 6. The van der Waals surface area contributed by atoms with E-state index in [9.17, 15) is 14.4 Å². The predicted octanol–water partition coefficient (Wildman–Crippen LogP) is 2.96. The zero-order chi connectivity index (χ0) is 37.7. The summed E-state index contributed by atoms with van der Waals surface area (Å²) in [4.78, 5) is 58.7. The number of pyridine rings is 2. The minimum atomic E-state index is -0.354. The monoisotopic (exact) mass is 748 g/mol. The molecule has 5 N–H and O–H groups in total. The zero-order valence-corrected chi connectivity index (χ0v) is 31.5. The summed E-state index contributed by atoms with van der Waals surface area (Å²) in [5.74, 6) is 0.583. The second-order valence-corrected chi connectivity index (χ2v) is 15.4. The fourth-order valence-corrected chi connectivity index (χ4v) is 8.77. The van der Waals surface area contributed by atoms with Crippen molar-refractivity contribution in [2.24, 2.45) is 5.92 Å². The molecule has 290 valence electrons. The van der Waals surface area contributed by atoms with E-state index in [1.54, 1.807) is 10.8 Å². The van der Waals surface area contributed by atoms with Crippen molar-refractivity contribution in [2.45, 2.75) is 63.6 Å². The van der Waals surface area contributed by atoms with E-state index in [1.165, 1.54) is 0 Å². The molecule has 1 aromatic carbocycles. The number of piperazine rings is 1. The molecule has 3 aliphatic rings. The van der Waals surface area contributed by atoms with Crippen LogP contribution in [0.25, 0.3) is 22.1 Å². The Hall–Kier alpha value is -5.28. The van der Waals surface area contributed by atoms with Crippen LogP contribution >= 0.6 is 0 Å². The molecule has 7 heterocycles. The summed E-state index contributed by atoms with van der Waals surface area (Å²) in [5.41, 5.74) is 5.52. The highest BCUT2D eigenvalue weighted by Crippen LogP contribution is 2.26. The second-order valence-electron chi connectivity index (χ2n) is 15.4. The molecule has 0 bridgehead atoms. The van der Waals surface area contributed by atoms with E-state index in [4.69, 9.17) is 0 Å². The van der Waals surface area contributed by atoms with Crippen LogP contribution in [0.5, 0.6) is 0 Å². The minimum absolute atomic E-state index is 0.0232. The third-order valence-corrected chi connectivity index (χ3v) is 11.8. The largest absolute Gasteiger partial charge is 0.368 e. The molecule has 3 aliphatic heterocycles. The Morgan fingerprint density at radius 3 is 2.51 bits per heavy atom. The quantitative estimate of drug-likeness (QED) is 0.136. The van der Waals surface area contributed by atoms with E-state index in [2.05, 4.69) is 65.1 Å². The van der Waals surface area contributed by atoms with Crippen molar-refractivity contribution in [3.05, 3.63) is 82.8 Å². The van der Waals surface area contributed by atoms with E-state index < -0.39 is 0 Å². The number of rotatable bonds is 11. The number of hydrogen-bond acceptors (Lipinski definition) is 9. The first-order chi connectivity index (χ1) is 26.9. The summed E-state index contributed by atoms with van der Waals surface area (Å²) >= 11 is 0. The maximum absolute atomic E-state index is 14.3. The van der Waals surface area contributed by atoms with Crippen molar-refractivity contribution in [3.8, 4) is 0 Å². The minimum Gasteiger partial charge on any atom is -0.368 e. The average Bonchev–Trinajstić information content (AvgIpc) is 3.84. The molecular weight excluding hydrogens is 697 g/mol. The van der Waals surface area contributed by atoms with Crippen molar-refractivity contribution in [1.82, 2.24) is 55.5 Å². The summed E-state index contributed by atoms with van der Waals surface area (Å²) in [7, 11) is 0. The van der Waals surface area contributed by atoms with Gasteiger partial charge in [0.2, 0.25) is 5.91 Å². The lowest BCUT2D eigenvalue weighted by atomic mass is 9.90. The number of amides is 3. The molecule has 8 rings (SSSR count). The summed E-state index contributed by atoms with van der Waals surface area (Å²) in [6, 6.07) is 11.3. The van der Waals surface area contributed by atoms with Crippen LogP contribution in [0.4, 0.5) is 10.5 Å². The molecule has 0 aliphatic carbocycles. The van der Waals surface area contributed by atoms with E-state index >= 15 is 0 Å². The topological polar surface area (TPSA) is 172 Å². The smallest absolute Gasteiger partial charge is 0.327 e. The number of fused-ring (bicyclic) bond motifs is 2. The number of H-pyrrole nitrogens is 2. The Balaban J connectivity index is 0.964. The number of anilines is 1. The van der Waals surface area contributed by atoms with Gasteiger partial charge in [-0.2, -0.15) is 5.10 Å². The maximum atomic E-state index is 14.3. The molecule has 3 saturated heterocycles. The number of imidazole rings is 1. The molecule has 5 aromatic rings. The van der Waals surface area contributed by atoms with Gasteiger partial charge in [0.05, 0.1) is 23.3 Å². The molecule has 0 saturated carbocycles. The maximum Gasteiger partial charge on any atom is 0.327 e. The van der Waals surface area contributed by atoms with Crippen LogP contribution in [0.2, 0.25) is 0 Å². The fourth-order valence-electron chi connectivity index (χ4n) is 8.77. The molecule has 0 radical (unpaired) electrons. The fraction of sp³-hybridized carbons (Fsp3) is 0.500. The van der Waals surface area contributed by atoms with Gasteiger partial charge in [0.25, 0.3) is 0 Å². The molecule has 0 spiro atoms. The number of nitrogens with one attached hydrogen (secondary N) is 5. The first kappa shape index (κ1) is 36.7. The molecule has 4 aromatic heterocycles. The van der Waals surface area contributed by atoms with Gasteiger partial charge in [-0.15, -0.1) is 0 Å². The van der Waals surface area contributed by atoms with E-state index in [0.29, 0.717) is 63.6 Å². The Labute approximate surface area is 320 Å². The lowest BCUT2D eigenvalue weighted by Gasteiger charge is -2.39. The summed E-state index contributed by atoms with van der Waals surface area (Å²) < 4.78 is 1.79. The second kappa shape index (κ2) is 16.6. The predicted molar refractivity (Wildman–Crippen MR) is 212 cm³/mol. The van der Waals surface area contributed by atoms with E-state index in [1.807, 2.05) is 52.7 Å². The van der Waals surface area contributed by atoms with Crippen LogP contribution in [0.3, 0.4) is 0 Å². The van der Waals surface area contributed by atoms with E-state index in [-0.39, 0.29) is 35.8 Å². The number of hydrogen-bond donors (Lipinski definition) is 5. The standard InChI is InChI=1S/C40H52N12O3/c1-27-21-29(22-30-25-45-48-36(27)30)23-31(46-39(54)51-15-8-33(9-16-51)52-35-3-2-10-43-37(35)47-40(52)55)26-44-34(24-28-4-11-41-12-5-28)38(53)50-19-17-49(18-20-50)32-6-13-42-14-7-32/h2-3,6-7,10,13-14,21-22,25,28,31,33-34,41,44H,4-5,8-9,11-12,15-20,23-24,26H2,1H3,(H,45,48)(H,46,54)(H,43,47,55)/t31-,34+/m1/s1. The molecule has 55 heavy (non-hydrogen) atoms. The van der Waals surface area contributed by atoms with Crippen LogP contribution in [0, 0.1) is 12.8 Å². The average molecular weight is 749 g/mol. The highest BCUT2D eigenvalue weighted by molar-refractivity contribution is 5.83. The van der Waals surface area contributed by atoms with Crippen molar-refractivity contribution in [3.63, 3.8) is 0 Å². The number of aryl methyl sites for hydroxylation is 1. The molecule has 0 unspecified atom stereocenters. The normalized spacial score (nSPS) is 18.5. The summed E-state index contributed by atoms with van der Waals surface area (Å²) in [6.45, 7) is 8.36. The lowest BCUT2D eigenvalue weighted by Crippen LogP contribution is -2.57. The summed E-state index contributed by atoms with van der Waals surface area (Å²) in [5, 5.41) is 18.9. The number of piperidine rings is 2. The van der Waals surface area contributed by atoms with Crippen LogP contribution in [-0.2, 0) is 11.2 Å². The number of likely N-dealkylation sites (tertiary alicyclic amines) is 1. The van der Waals surface area contributed by atoms with Gasteiger partial charge >= 0.3 is 11.7 Å². The SMILES string of the molecule is Cc1cc(C[C@H](CN[C@@H](CC2CCNCC2)C(=O)N2CCN(c3ccncc3)CC2)NC(=O)N2CCC(n3c(=O)[nH]c4ncccc43)CC2)cc2cn[nH]c12. The highest BCUT2D eigenvalue weighted by Gasteiger charge is 2.32. The number of benzene rings is 1. The van der Waals surface area contributed by atoms with E-state index in [0.717, 1.165) is 78.7 Å². The number of nitrogens with zero attached hydrogens (tertiary/aromatic N) is 7. The Bertz CT molecular complexity index is 2130. The van der Waals surface area contributed by atoms with Crippen molar-refractivity contribution in [1.29, 1.82) is 0 Å². The van der Waals surface area contributed by atoms with Gasteiger partial charge in [0, 0.05) is 87.6 Å². The van der Waals surface area contributed by atoms with Crippen LogP contribution < -0.4 is 26.5 Å². The van der Waals surface area contributed by atoms with Crippen LogP contribution in [0.15, 0.2) is 66.0 Å². The Kier molecular flexibility index (Phi) is 11.1. The molecule has 15 nitrogen and oxygen atoms in total. The van der Waals surface area contributed by atoms with Crippen LogP contribution in [-0.4, -0.2) is 122 Å². The van der Waals surface area contributed by atoms with Gasteiger partial charge in [0.1, 0.15) is 0 Å². The number of urea groups is 1. The molecule has 2 atom stereocenters. The zero-order valence-electron chi connectivity index (χ0n) is 31.5. The van der Waals surface area contributed by atoms with Gasteiger partial charge < -0.3 is 30.7 Å². The van der Waals surface area contributed by atoms with Gasteiger partial charge in [0.15, 0.2) is 5.65 Å². The Morgan fingerprint density at radius 1 is 0.945 bits per heavy atom. The van der Waals surface area contributed by atoms with Crippen molar-refractivity contribution >= 4 is 39.7 Å². The third-order valence-electron chi connectivity index (χ3n) is 11.8. The third kappa shape index (κ3) is 8.37. The number of carbonyl (C=O) groups excluding carboxylic acids is 2. The molecular formula is C40H52N12O3. The summed E-state index contributed by atoms with van der Waals surface area (Å²) in [6.07, 6.45) is 11.9. The van der Waals surface area contributed by atoms with Gasteiger partial charge in [-0.3, -0.25) is 24.4 Å². The molecule has 15 heteroatoms. The first-order valence-electron chi connectivity index (χ1n) is 19.8. The van der Waals surface area contributed by atoms with Gasteiger partial charge in [-0.1, -0.05) is 6.07 Å². The highest BCUT2D eigenvalue weighted by atomic mass is 16.2. The number of aromatic amines is 2. The first-order valence-corrected chi connectivity index (χ1v) is 19.8. The van der Waals surface area contributed by atoms with Gasteiger partial charge in [-0.05, 0) is 106 Å². The number of carbonyl (C=O) groups is 2. The van der Waals surface area contributed by atoms with Crippen molar-refractivity contribution < 1.29 is 9.59 Å². The van der Waals surface area contributed by atoms with Crippen LogP contribution in [0.1, 0.15) is 49.3 Å². The lowest BCUT2D eigenvalue weighted by molar-refractivity contribution is -0.134. The molecule has 3 fully saturated rings.